The Morgan fingerprint density at radius 2 is 1.90 bits per heavy atom. The van der Waals surface area contributed by atoms with Crippen LogP contribution < -0.4 is 10.6 Å². The quantitative estimate of drug-likeness (QED) is 0.706. The van der Waals surface area contributed by atoms with Gasteiger partial charge in [-0.1, -0.05) is 57.7 Å². The van der Waals surface area contributed by atoms with Crippen LogP contribution in [0.15, 0.2) is 24.3 Å². The molecule has 1 atom stereocenters. The van der Waals surface area contributed by atoms with E-state index in [-0.39, 0.29) is 11.9 Å². The summed E-state index contributed by atoms with van der Waals surface area (Å²) in [4.78, 5) is 11.9. The molecule has 1 aromatic carbocycles. The van der Waals surface area contributed by atoms with Gasteiger partial charge in [-0.05, 0) is 24.9 Å². The SMILES string of the molecule is CC(C)CCCCCCNC1C(=O)Nc2ccccc21. The van der Waals surface area contributed by atoms with E-state index in [1.165, 1.54) is 25.7 Å². The number of hydrogen-bond donors (Lipinski definition) is 2. The number of hydrogen-bond acceptors (Lipinski definition) is 2. The van der Waals surface area contributed by atoms with Gasteiger partial charge in [0.15, 0.2) is 0 Å². The van der Waals surface area contributed by atoms with Crippen molar-refractivity contribution in [3.05, 3.63) is 29.8 Å². The van der Waals surface area contributed by atoms with Crippen molar-refractivity contribution in [1.29, 1.82) is 0 Å². The lowest BCUT2D eigenvalue weighted by Crippen LogP contribution is -2.28. The van der Waals surface area contributed by atoms with Crippen molar-refractivity contribution in [2.75, 3.05) is 11.9 Å². The molecule has 0 aromatic heterocycles. The third kappa shape index (κ3) is 4.07. The fourth-order valence-electron chi connectivity index (χ4n) is 2.69. The summed E-state index contributed by atoms with van der Waals surface area (Å²) in [6.07, 6.45) is 6.34. The first-order valence-corrected chi connectivity index (χ1v) is 7.81. The van der Waals surface area contributed by atoms with Crippen LogP contribution in [-0.4, -0.2) is 12.5 Å². The van der Waals surface area contributed by atoms with Crippen molar-refractivity contribution in [2.45, 2.75) is 52.0 Å². The van der Waals surface area contributed by atoms with E-state index < -0.39 is 0 Å². The fraction of sp³-hybridized carbons (Fsp3) is 0.588. The zero-order valence-corrected chi connectivity index (χ0v) is 12.6. The molecule has 110 valence electrons. The number of amides is 1. The van der Waals surface area contributed by atoms with Crippen LogP contribution in [0.1, 0.15) is 57.6 Å². The third-order valence-electron chi connectivity index (χ3n) is 3.85. The predicted molar refractivity (Wildman–Crippen MR) is 83.7 cm³/mol. The van der Waals surface area contributed by atoms with Crippen LogP contribution >= 0.6 is 0 Å². The Labute approximate surface area is 122 Å². The molecular formula is C17H26N2O. The Kier molecular flexibility index (Phi) is 5.60. The van der Waals surface area contributed by atoms with Crippen molar-refractivity contribution in [2.24, 2.45) is 5.92 Å². The number of carbonyl (C=O) groups is 1. The number of unbranched alkanes of at least 4 members (excludes halogenated alkanes) is 3. The first-order valence-electron chi connectivity index (χ1n) is 7.81. The van der Waals surface area contributed by atoms with Crippen molar-refractivity contribution in [3.8, 4) is 0 Å². The van der Waals surface area contributed by atoms with Crippen LogP contribution in [0.2, 0.25) is 0 Å². The molecule has 0 aliphatic carbocycles. The summed E-state index contributed by atoms with van der Waals surface area (Å²) < 4.78 is 0. The average Bonchev–Trinajstić information content (AvgIpc) is 2.73. The van der Waals surface area contributed by atoms with E-state index in [9.17, 15) is 4.79 Å². The maximum Gasteiger partial charge on any atom is 0.246 e. The Bertz CT molecular complexity index is 442. The highest BCUT2D eigenvalue weighted by Crippen LogP contribution is 2.29. The molecular weight excluding hydrogens is 248 g/mol. The smallest absolute Gasteiger partial charge is 0.246 e. The van der Waals surface area contributed by atoms with Gasteiger partial charge in [0.25, 0.3) is 0 Å². The second-order valence-electron chi connectivity index (χ2n) is 6.06. The molecule has 2 N–H and O–H groups in total. The molecule has 1 aliphatic rings. The number of anilines is 1. The normalized spacial score (nSPS) is 17.4. The van der Waals surface area contributed by atoms with E-state index in [1.807, 2.05) is 24.3 Å². The summed E-state index contributed by atoms with van der Waals surface area (Å²) >= 11 is 0. The van der Waals surface area contributed by atoms with Gasteiger partial charge in [-0.3, -0.25) is 4.79 Å². The Morgan fingerprint density at radius 3 is 2.70 bits per heavy atom. The largest absolute Gasteiger partial charge is 0.324 e. The molecule has 0 saturated heterocycles. The molecule has 1 heterocycles. The Hall–Kier alpha value is -1.35. The van der Waals surface area contributed by atoms with Gasteiger partial charge in [0.2, 0.25) is 5.91 Å². The first kappa shape index (κ1) is 15.0. The summed E-state index contributed by atoms with van der Waals surface area (Å²) in [7, 11) is 0. The highest BCUT2D eigenvalue weighted by molar-refractivity contribution is 6.02. The maximum atomic E-state index is 11.9. The number of fused-ring (bicyclic) bond motifs is 1. The molecule has 0 fully saturated rings. The van der Waals surface area contributed by atoms with E-state index in [2.05, 4.69) is 24.5 Å². The van der Waals surface area contributed by atoms with Crippen molar-refractivity contribution < 1.29 is 4.79 Å². The van der Waals surface area contributed by atoms with E-state index in [0.717, 1.165) is 30.1 Å². The monoisotopic (exact) mass is 274 g/mol. The Morgan fingerprint density at radius 1 is 1.15 bits per heavy atom. The molecule has 1 aromatic rings. The van der Waals surface area contributed by atoms with Gasteiger partial charge in [-0.15, -0.1) is 0 Å². The molecule has 1 amide bonds. The minimum absolute atomic E-state index is 0.0750. The number of carbonyl (C=O) groups excluding carboxylic acids is 1. The van der Waals surface area contributed by atoms with Gasteiger partial charge < -0.3 is 10.6 Å². The molecule has 0 radical (unpaired) electrons. The van der Waals surface area contributed by atoms with E-state index in [1.54, 1.807) is 0 Å². The maximum absolute atomic E-state index is 11.9. The van der Waals surface area contributed by atoms with Crippen LogP contribution in [0.3, 0.4) is 0 Å². The highest BCUT2D eigenvalue weighted by atomic mass is 16.2. The summed E-state index contributed by atoms with van der Waals surface area (Å²) in [5.74, 6) is 0.887. The molecule has 3 heteroatoms. The van der Waals surface area contributed by atoms with Gasteiger partial charge in [-0.2, -0.15) is 0 Å². The summed E-state index contributed by atoms with van der Waals surface area (Å²) in [5, 5.41) is 6.29. The summed E-state index contributed by atoms with van der Waals surface area (Å²) in [6.45, 7) is 5.46. The summed E-state index contributed by atoms with van der Waals surface area (Å²) in [6, 6.07) is 7.76. The lowest BCUT2D eigenvalue weighted by atomic mass is 10.0. The highest BCUT2D eigenvalue weighted by Gasteiger charge is 2.29. The Balaban J connectivity index is 1.66. The topological polar surface area (TPSA) is 41.1 Å². The standard InChI is InChI=1S/C17H26N2O/c1-13(2)9-5-3-4-8-12-18-16-14-10-6-7-11-15(14)19-17(16)20/h6-7,10-11,13,16,18H,3-5,8-9,12H2,1-2H3,(H,19,20). The van der Waals surface area contributed by atoms with Gasteiger partial charge in [0, 0.05) is 11.3 Å². The molecule has 2 rings (SSSR count). The second kappa shape index (κ2) is 7.44. The minimum Gasteiger partial charge on any atom is -0.324 e. The molecule has 3 nitrogen and oxygen atoms in total. The van der Waals surface area contributed by atoms with Crippen molar-refractivity contribution in [3.63, 3.8) is 0 Å². The lowest BCUT2D eigenvalue weighted by Gasteiger charge is -2.11. The van der Waals surface area contributed by atoms with E-state index >= 15 is 0 Å². The van der Waals surface area contributed by atoms with Crippen molar-refractivity contribution >= 4 is 11.6 Å². The third-order valence-corrected chi connectivity index (χ3v) is 3.85. The molecule has 1 aliphatic heterocycles. The van der Waals surface area contributed by atoms with Crippen molar-refractivity contribution in [1.82, 2.24) is 5.32 Å². The van der Waals surface area contributed by atoms with Gasteiger partial charge in [-0.25, -0.2) is 0 Å². The van der Waals surface area contributed by atoms with Crippen LogP contribution in [0.25, 0.3) is 0 Å². The number of para-hydroxylation sites is 1. The molecule has 0 bridgehead atoms. The second-order valence-corrected chi connectivity index (χ2v) is 6.06. The van der Waals surface area contributed by atoms with Crippen LogP contribution in [0.5, 0.6) is 0 Å². The summed E-state index contributed by atoms with van der Waals surface area (Å²) in [5.41, 5.74) is 2.03. The molecule has 0 spiro atoms. The number of rotatable bonds is 8. The zero-order chi connectivity index (χ0) is 14.4. The van der Waals surface area contributed by atoms with E-state index in [4.69, 9.17) is 0 Å². The average molecular weight is 274 g/mol. The molecule has 0 saturated carbocycles. The minimum atomic E-state index is -0.165. The van der Waals surface area contributed by atoms with E-state index in [0.29, 0.717) is 0 Å². The van der Waals surface area contributed by atoms with Crippen LogP contribution in [-0.2, 0) is 4.79 Å². The predicted octanol–water partition coefficient (Wildman–Crippen LogP) is 3.88. The number of benzene rings is 1. The first-order chi connectivity index (χ1) is 9.68. The van der Waals surface area contributed by atoms with Gasteiger partial charge in [0.05, 0.1) is 0 Å². The molecule has 20 heavy (non-hydrogen) atoms. The number of nitrogens with one attached hydrogen (secondary N) is 2. The fourth-order valence-corrected chi connectivity index (χ4v) is 2.69. The lowest BCUT2D eigenvalue weighted by molar-refractivity contribution is -0.117. The zero-order valence-electron chi connectivity index (χ0n) is 12.6. The van der Waals surface area contributed by atoms with Crippen LogP contribution in [0, 0.1) is 5.92 Å². The van der Waals surface area contributed by atoms with Gasteiger partial charge in [0.1, 0.15) is 6.04 Å². The van der Waals surface area contributed by atoms with Gasteiger partial charge >= 0.3 is 0 Å². The molecule has 1 unspecified atom stereocenters. The van der Waals surface area contributed by atoms with Crippen LogP contribution in [0.4, 0.5) is 5.69 Å².